The second-order valence-corrected chi connectivity index (χ2v) is 23.6. The van der Waals surface area contributed by atoms with Crippen molar-refractivity contribution >= 4 is 73.7 Å². The Hall–Kier alpha value is -8.90. The summed E-state index contributed by atoms with van der Waals surface area (Å²) in [5, 5.41) is 7.67. The second kappa shape index (κ2) is 14.8. The van der Waals surface area contributed by atoms with Crippen LogP contribution in [0.4, 0.5) is 0 Å². The van der Waals surface area contributed by atoms with E-state index in [9.17, 15) is 0 Å². The van der Waals surface area contributed by atoms with Gasteiger partial charge in [-0.05, 0) is 107 Å². The van der Waals surface area contributed by atoms with Gasteiger partial charge < -0.3 is 14.0 Å². The maximum absolute atomic E-state index is 7.45. The van der Waals surface area contributed by atoms with Gasteiger partial charge in [0.15, 0.2) is 8.07 Å². The van der Waals surface area contributed by atoms with E-state index in [-0.39, 0.29) is 6.71 Å². The molecule has 0 amide bonds. The topological polar surface area (TPSA) is 23.4 Å². The first-order valence-corrected chi connectivity index (χ1v) is 27.0. The highest BCUT2D eigenvalue weighted by Crippen LogP contribution is 2.63. The van der Waals surface area contributed by atoms with Crippen molar-refractivity contribution in [2.24, 2.45) is 0 Å². The Bertz CT molecular complexity index is 4100. The molecule has 0 bridgehead atoms. The van der Waals surface area contributed by atoms with Crippen molar-refractivity contribution in [2.75, 3.05) is 0 Å². The standard InChI is InChI=1S/C67H42BNO2Si/c1-4-20-44(21-5-1)72(45-22-6-2-7-23-45,46-24-8-3-9-25-46)47-36-37-59-63(40-47)71-65-39-43(38-64-66(65)68(59)58-33-17-19-35-62(58)70-64)69-60-34-18-13-29-51(60)53-41-52-50-28-12-16-32-56(50)67(57(52)42-61(53)69)54-30-14-10-26-48(54)49-27-11-15-31-55(49)67/h1-42H. The van der Waals surface area contributed by atoms with Crippen LogP contribution in [-0.4, -0.2) is 19.4 Å². The molecule has 0 fully saturated rings. The number of hydrogen-bond donors (Lipinski definition) is 0. The summed E-state index contributed by atoms with van der Waals surface area (Å²) in [5.41, 5.74) is 16.6. The molecular weight excluding hydrogens is 890 g/mol. The first kappa shape index (κ1) is 39.9. The number of benzene rings is 11. The fourth-order valence-corrected chi connectivity index (χ4v) is 18.4. The Morgan fingerprint density at radius 2 is 0.833 bits per heavy atom. The van der Waals surface area contributed by atoms with Gasteiger partial charge in [-0.3, -0.25) is 0 Å². The lowest BCUT2D eigenvalue weighted by Gasteiger charge is -2.37. The molecule has 12 aromatic rings. The summed E-state index contributed by atoms with van der Waals surface area (Å²) < 4.78 is 16.9. The van der Waals surface area contributed by atoms with Gasteiger partial charge in [0.25, 0.3) is 6.71 Å². The third-order valence-electron chi connectivity index (χ3n) is 16.5. The van der Waals surface area contributed by atoms with E-state index < -0.39 is 13.5 Å². The van der Waals surface area contributed by atoms with Gasteiger partial charge in [-0.1, -0.05) is 212 Å². The first-order chi connectivity index (χ1) is 35.7. The number of nitrogens with zero attached hydrogens (tertiary/aromatic N) is 1. The van der Waals surface area contributed by atoms with Gasteiger partial charge in [0.2, 0.25) is 0 Å². The maximum Gasteiger partial charge on any atom is 0.260 e. The molecule has 0 saturated carbocycles. The average Bonchev–Trinajstić information content (AvgIpc) is 4.04. The molecule has 1 spiro atoms. The van der Waals surface area contributed by atoms with E-state index >= 15 is 0 Å². The molecule has 334 valence electrons. The minimum atomic E-state index is -2.87. The number of fused-ring (bicyclic) bond motifs is 17. The summed E-state index contributed by atoms with van der Waals surface area (Å²) in [6.45, 7) is -0.0877. The molecule has 4 aliphatic rings. The van der Waals surface area contributed by atoms with Crippen LogP contribution in [0, 0.1) is 0 Å². The van der Waals surface area contributed by atoms with Crippen LogP contribution in [0.15, 0.2) is 255 Å². The SMILES string of the molecule is c1ccc([Si](c2ccccc2)(c2ccccc2)c2ccc3c(c2)Oc2cc(-n4c5ccccc5c5cc6c(cc54)C4(c5ccccc5-c5ccccc54)c4ccccc4-6)cc4c2B3c2ccccc2O4)cc1. The van der Waals surface area contributed by atoms with Gasteiger partial charge in [0.1, 0.15) is 23.0 Å². The van der Waals surface area contributed by atoms with Crippen LogP contribution < -0.4 is 46.6 Å². The summed E-state index contributed by atoms with van der Waals surface area (Å²) in [4.78, 5) is 0. The number of hydrogen-bond acceptors (Lipinski definition) is 2. The Balaban J connectivity index is 0.944. The lowest BCUT2D eigenvalue weighted by molar-refractivity contribution is 0.464. The molecule has 0 N–H and O–H groups in total. The van der Waals surface area contributed by atoms with Gasteiger partial charge in [0.05, 0.1) is 22.1 Å². The molecule has 0 atom stereocenters. The molecule has 0 radical (unpaired) electrons. The van der Waals surface area contributed by atoms with E-state index in [1.807, 2.05) is 0 Å². The van der Waals surface area contributed by atoms with E-state index in [0.717, 1.165) is 56.1 Å². The molecule has 2 aliphatic heterocycles. The monoisotopic (exact) mass is 931 g/mol. The van der Waals surface area contributed by atoms with Crippen LogP contribution in [-0.2, 0) is 5.41 Å². The van der Waals surface area contributed by atoms with E-state index in [1.54, 1.807) is 0 Å². The van der Waals surface area contributed by atoms with Crippen molar-refractivity contribution in [3.63, 3.8) is 0 Å². The quantitative estimate of drug-likeness (QED) is 0.127. The predicted octanol–water partition coefficient (Wildman–Crippen LogP) is 11.2. The predicted molar refractivity (Wildman–Crippen MR) is 298 cm³/mol. The zero-order chi connectivity index (χ0) is 47.1. The summed E-state index contributed by atoms with van der Waals surface area (Å²) >= 11 is 0. The van der Waals surface area contributed by atoms with Crippen molar-refractivity contribution in [2.45, 2.75) is 5.41 Å². The maximum atomic E-state index is 7.45. The highest BCUT2D eigenvalue weighted by molar-refractivity contribution is 7.20. The highest BCUT2D eigenvalue weighted by Gasteiger charge is 2.52. The van der Waals surface area contributed by atoms with Crippen LogP contribution in [0.1, 0.15) is 22.3 Å². The van der Waals surface area contributed by atoms with Crippen LogP contribution in [0.25, 0.3) is 49.7 Å². The Kier molecular flexibility index (Phi) is 8.21. The molecule has 0 unspecified atom stereocenters. The van der Waals surface area contributed by atoms with Crippen molar-refractivity contribution in [1.29, 1.82) is 0 Å². The second-order valence-electron chi connectivity index (χ2n) is 19.8. The normalized spacial score (nSPS) is 13.9. The van der Waals surface area contributed by atoms with Gasteiger partial charge in [-0.15, -0.1) is 0 Å². The van der Waals surface area contributed by atoms with E-state index in [0.29, 0.717) is 0 Å². The minimum Gasteiger partial charge on any atom is -0.458 e. The lowest BCUT2D eigenvalue weighted by atomic mass is 9.35. The summed E-state index contributed by atoms with van der Waals surface area (Å²) in [6, 6.07) is 94.6. The zero-order valence-corrected chi connectivity index (χ0v) is 40.1. The van der Waals surface area contributed by atoms with Crippen molar-refractivity contribution in [3.8, 4) is 50.9 Å². The van der Waals surface area contributed by atoms with Crippen molar-refractivity contribution in [3.05, 3.63) is 277 Å². The Labute approximate surface area is 419 Å². The van der Waals surface area contributed by atoms with Crippen molar-refractivity contribution < 1.29 is 9.47 Å². The van der Waals surface area contributed by atoms with Gasteiger partial charge in [-0.25, -0.2) is 0 Å². The smallest absolute Gasteiger partial charge is 0.260 e. The molecule has 11 aromatic carbocycles. The van der Waals surface area contributed by atoms with Crippen LogP contribution in [0.5, 0.6) is 23.0 Å². The number of para-hydroxylation sites is 2. The Morgan fingerprint density at radius 3 is 1.46 bits per heavy atom. The summed E-state index contributed by atoms with van der Waals surface area (Å²) in [5.74, 6) is 3.38. The lowest BCUT2D eigenvalue weighted by Crippen LogP contribution is -2.75. The molecule has 3 heterocycles. The van der Waals surface area contributed by atoms with E-state index in [1.165, 1.54) is 76.0 Å². The highest BCUT2D eigenvalue weighted by atomic mass is 28.3. The fraction of sp³-hybridized carbons (Fsp3) is 0.0149. The summed E-state index contributed by atoms with van der Waals surface area (Å²) in [6.07, 6.45) is 0. The molecule has 5 heteroatoms. The molecule has 72 heavy (non-hydrogen) atoms. The molecule has 16 rings (SSSR count). The molecular formula is C67H42BNO2Si. The minimum absolute atomic E-state index is 0.0877. The first-order valence-electron chi connectivity index (χ1n) is 25.0. The van der Waals surface area contributed by atoms with Crippen molar-refractivity contribution in [1.82, 2.24) is 4.57 Å². The number of aromatic nitrogens is 1. The van der Waals surface area contributed by atoms with Crippen LogP contribution in [0.2, 0.25) is 0 Å². The van der Waals surface area contributed by atoms with Gasteiger partial charge in [0, 0.05) is 28.4 Å². The third-order valence-corrected chi connectivity index (χ3v) is 21.2. The van der Waals surface area contributed by atoms with E-state index in [4.69, 9.17) is 9.47 Å². The van der Waals surface area contributed by atoms with Crippen LogP contribution >= 0.6 is 0 Å². The van der Waals surface area contributed by atoms with Gasteiger partial charge in [-0.2, -0.15) is 0 Å². The molecule has 3 nitrogen and oxygen atoms in total. The largest absolute Gasteiger partial charge is 0.458 e. The third kappa shape index (κ3) is 5.15. The summed E-state index contributed by atoms with van der Waals surface area (Å²) in [7, 11) is -2.87. The number of ether oxygens (including phenoxy) is 2. The Morgan fingerprint density at radius 1 is 0.333 bits per heavy atom. The average molecular weight is 932 g/mol. The van der Waals surface area contributed by atoms with Crippen LogP contribution in [0.3, 0.4) is 0 Å². The fourth-order valence-electron chi connectivity index (χ4n) is 13.7. The molecule has 1 aromatic heterocycles. The zero-order valence-electron chi connectivity index (χ0n) is 39.1. The molecule has 2 aliphatic carbocycles. The molecule has 0 saturated heterocycles. The van der Waals surface area contributed by atoms with E-state index in [2.05, 4.69) is 259 Å². The number of rotatable bonds is 5. The van der Waals surface area contributed by atoms with Gasteiger partial charge >= 0.3 is 0 Å².